The molecule has 0 bridgehead atoms. The first-order valence-electron chi connectivity index (χ1n) is 5.04. The molecule has 0 saturated carbocycles. The molecule has 0 fully saturated rings. The zero-order chi connectivity index (χ0) is 14.0. The number of hydrogen-bond donors (Lipinski definition) is 0. The van der Waals surface area contributed by atoms with Crippen molar-refractivity contribution in [1.29, 1.82) is 0 Å². The van der Waals surface area contributed by atoms with Gasteiger partial charge in [0.1, 0.15) is 17.3 Å². The Labute approximate surface area is 122 Å². The highest BCUT2D eigenvalue weighted by Gasteiger charge is 2.11. The Balaban J connectivity index is 2.36. The van der Waals surface area contributed by atoms with Crippen molar-refractivity contribution in [3.8, 4) is 11.5 Å². The molecular weight excluding hydrogens is 359 g/mol. The SMILES string of the molecule is O=S(=O)(Cl)c1cccc(Oc2cc(F)ccc2Br)c1. The molecule has 2 aromatic rings. The molecule has 0 aromatic heterocycles. The van der Waals surface area contributed by atoms with Crippen molar-refractivity contribution >= 4 is 35.7 Å². The van der Waals surface area contributed by atoms with E-state index < -0.39 is 14.9 Å². The van der Waals surface area contributed by atoms with Crippen molar-refractivity contribution in [1.82, 2.24) is 0 Å². The minimum absolute atomic E-state index is 0.0841. The first-order valence-corrected chi connectivity index (χ1v) is 8.14. The number of benzene rings is 2. The molecule has 0 N–H and O–H groups in total. The van der Waals surface area contributed by atoms with E-state index in [9.17, 15) is 12.8 Å². The molecule has 0 aliphatic rings. The molecule has 7 heteroatoms. The maximum atomic E-state index is 13.1. The van der Waals surface area contributed by atoms with E-state index in [2.05, 4.69) is 15.9 Å². The van der Waals surface area contributed by atoms with E-state index in [1.807, 2.05) is 0 Å². The van der Waals surface area contributed by atoms with E-state index in [4.69, 9.17) is 15.4 Å². The summed E-state index contributed by atoms with van der Waals surface area (Å²) in [5.41, 5.74) is 0. The standard InChI is InChI=1S/C12H7BrClFO3S/c13-11-5-4-8(15)6-12(11)18-9-2-1-3-10(7-9)19(14,16)17/h1-7H. The van der Waals surface area contributed by atoms with Crippen LogP contribution in [0.3, 0.4) is 0 Å². The number of rotatable bonds is 3. The lowest BCUT2D eigenvalue weighted by Gasteiger charge is -2.08. The van der Waals surface area contributed by atoms with Gasteiger partial charge >= 0.3 is 0 Å². The first-order chi connectivity index (χ1) is 8.86. The van der Waals surface area contributed by atoms with Gasteiger partial charge in [-0.15, -0.1) is 0 Å². The minimum atomic E-state index is -3.83. The van der Waals surface area contributed by atoms with E-state index in [0.717, 1.165) is 0 Å². The van der Waals surface area contributed by atoms with Gasteiger partial charge in [-0.1, -0.05) is 6.07 Å². The van der Waals surface area contributed by atoms with E-state index in [-0.39, 0.29) is 16.4 Å². The van der Waals surface area contributed by atoms with Gasteiger partial charge in [-0.3, -0.25) is 0 Å². The zero-order valence-corrected chi connectivity index (χ0v) is 12.5. The molecule has 0 unspecified atom stereocenters. The molecule has 0 aliphatic heterocycles. The van der Waals surface area contributed by atoms with Crippen LogP contribution in [0.2, 0.25) is 0 Å². The van der Waals surface area contributed by atoms with Gasteiger partial charge in [0.05, 0.1) is 9.37 Å². The molecule has 0 saturated heterocycles. The van der Waals surface area contributed by atoms with E-state index in [1.54, 1.807) is 6.07 Å². The van der Waals surface area contributed by atoms with E-state index >= 15 is 0 Å². The number of halogens is 3. The van der Waals surface area contributed by atoms with Gasteiger partial charge in [0.25, 0.3) is 9.05 Å². The summed E-state index contributed by atoms with van der Waals surface area (Å²) < 4.78 is 41.5. The Morgan fingerprint density at radius 1 is 1.16 bits per heavy atom. The molecule has 0 heterocycles. The molecule has 0 spiro atoms. The topological polar surface area (TPSA) is 43.4 Å². The minimum Gasteiger partial charge on any atom is -0.456 e. The van der Waals surface area contributed by atoms with Crippen LogP contribution in [0.25, 0.3) is 0 Å². The summed E-state index contributed by atoms with van der Waals surface area (Å²) in [4.78, 5) is -0.0841. The molecule has 19 heavy (non-hydrogen) atoms. The van der Waals surface area contributed by atoms with Crippen LogP contribution < -0.4 is 4.74 Å². The van der Waals surface area contributed by atoms with Crippen LogP contribution in [0.5, 0.6) is 11.5 Å². The third kappa shape index (κ3) is 3.68. The third-order valence-corrected chi connectivity index (χ3v) is 4.21. The molecule has 0 atom stereocenters. The molecule has 0 amide bonds. The lowest BCUT2D eigenvalue weighted by atomic mass is 10.3. The number of hydrogen-bond acceptors (Lipinski definition) is 3. The Bertz CT molecular complexity index is 719. The average Bonchev–Trinajstić information content (AvgIpc) is 2.33. The fraction of sp³-hybridized carbons (Fsp3) is 0. The van der Waals surface area contributed by atoms with Crippen LogP contribution in [0.4, 0.5) is 4.39 Å². The quantitative estimate of drug-likeness (QED) is 0.761. The summed E-state index contributed by atoms with van der Waals surface area (Å²) in [6.07, 6.45) is 0. The number of ether oxygens (including phenoxy) is 1. The zero-order valence-electron chi connectivity index (χ0n) is 9.31. The molecule has 100 valence electrons. The van der Waals surface area contributed by atoms with Crippen LogP contribution in [-0.4, -0.2) is 8.42 Å². The average molecular weight is 366 g/mol. The second-order valence-corrected chi connectivity index (χ2v) is 7.01. The highest BCUT2D eigenvalue weighted by Crippen LogP contribution is 2.31. The molecule has 2 rings (SSSR count). The predicted octanol–water partition coefficient (Wildman–Crippen LogP) is 4.31. The lowest BCUT2D eigenvalue weighted by Crippen LogP contribution is -1.92. The summed E-state index contributed by atoms with van der Waals surface area (Å²) in [6, 6.07) is 9.59. The highest BCUT2D eigenvalue weighted by atomic mass is 79.9. The van der Waals surface area contributed by atoms with Crippen LogP contribution in [0, 0.1) is 5.82 Å². The molecular formula is C12H7BrClFO3S. The summed E-state index contributed by atoms with van der Waals surface area (Å²) >= 11 is 3.21. The summed E-state index contributed by atoms with van der Waals surface area (Å²) in [7, 11) is 1.41. The Kier molecular flexibility index (Phi) is 4.13. The van der Waals surface area contributed by atoms with Gasteiger partial charge < -0.3 is 4.74 Å². The lowest BCUT2D eigenvalue weighted by molar-refractivity contribution is 0.472. The van der Waals surface area contributed by atoms with Crippen molar-refractivity contribution in [2.45, 2.75) is 4.90 Å². The predicted molar refractivity (Wildman–Crippen MR) is 73.7 cm³/mol. The normalized spacial score (nSPS) is 11.3. The van der Waals surface area contributed by atoms with Gasteiger partial charge in [0, 0.05) is 22.8 Å². The fourth-order valence-corrected chi connectivity index (χ4v) is 2.49. The van der Waals surface area contributed by atoms with Crippen molar-refractivity contribution < 1.29 is 17.5 Å². The van der Waals surface area contributed by atoms with Crippen LogP contribution in [-0.2, 0) is 9.05 Å². The van der Waals surface area contributed by atoms with Crippen molar-refractivity contribution in [2.75, 3.05) is 0 Å². The summed E-state index contributed by atoms with van der Waals surface area (Å²) in [6.45, 7) is 0. The smallest absolute Gasteiger partial charge is 0.261 e. The highest BCUT2D eigenvalue weighted by molar-refractivity contribution is 9.10. The van der Waals surface area contributed by atoms with Gasteiger partial charge in [0.2, 0.25) is 0 Å². The monoisotopic (exact) mass is 364 g/mol. The van der Waals surface area contributed by atoms with Gasteiger partial charge in [-0.2, -0.15) is 0 Å². The van der Waals surface area contributed by atoms with Crippen molar-refractivity contribution in [2.24, 2.45) is 0 Å². The second kappa shape index (κ2) is 5.48. The summed E-state index contributed by atoms with van der Waals surface area (Å²) in [5, 5.41) is 0. The van der Waals surface area contributed by atoms with Crippen molar-refractivity contribution in [3.05, 3.63) is 52.8 Å². The van der Waals surface area contributed by atoms with E-state index in [1.165, 1.54) is 36.4 Å². The second-order valence-electron chi connectivity index (χ2n) is 3.59. The van der Waals surface area contributed by atoms with Gasteiger partial charge in [-0.05, 0) is 40.2 Å². The van der Waals surface area contributed by atoms with Crippen LogP contribution in [0.1, 0.15) is 0 Å². The van der Waals surface area contributed by atoms with Gasteiger partial charge in [-0.25, -0.2) is 12.8 Å². The fourth-order valence-electron chi connectivity index (χ4n) is 1.37. The molecule has 2 aromatic carbocycles. The van der Waals surface area contributed by atoms with Crippen molar-refractivity contribution in [3.63, 3.8) is 0 Å². The van der Waals surface area contributed by atoms with E-state index in [0.29, 0.717) is 4.47 Å². The summed E-state index contributed by atoms with van der Waals surface area (Å²) in [5.74, 6) is 0.0245. The third-order valence-electron chi connectivity index (χ3n) is 2.21. The Morgan fingerprint density at radius 2 is 1.89 bits per heavy atom. The largest absolute Gasteiger partial charge is 0.456 e. The van der Waals surface area contributed by atoms with Gasteiger partial charge in [0.15, 0.2) is 0 Å². The Morgan fingerprint density at radius 3 is 2.58 bits per heavy atom. The molecule has 0 aliphatic carbocycles. The maximum absolute atomic E-state index is 13.1. The first kappa shape index (κ1) is 14.3. The molecule has 0 radical (unpaired) electrons. The van der Waals surface area contributed by atoms with Crippen LogP contribution >= 0.6 is 26.6 Å². The Hall–Kier alpha value is -1.11. The maximum Gasteiger partial charge on any atom is 0.261 e. The molecule has 3 nitrogen and oxygen atoms in total. The van der Waals surface area contributed by atoms with Crippen LogP contribution in [0.15, 0.2) is 51.8 Å².